The Kier molecular flexibility index (Phi) is 6.49. The number of halogens is 2. The highest BCUT2D eigenvalue weighted by molar-refractivity contribution is 6.07. The van der Waals surface area contributed by atoms with Crippen LogP contribution in [0.5, 0.6) is 0 Å². The molecule has 1 aromatic heterocycles. The molecule has 0 unspecified atom stereocenters. The van der Waals surface area contributed by atoms with Gasteiger partial charge in [-0.2, -0.15) is 0 Å². The topological polar surface area (TPSA) is 16.4 Å². The highest BCUT2D eigenvalue weighted by Crippen LogP contribution is 2.59. The molecule has 0 radical (unpaired) electrons. The fourth-order valence-electron chi connectivity index (χ4n) is 8.28. The van der Waals surface area contributed by atoms with E-state index in [1.807, 2.05) is 66.7 Å². The van der Waals surface area contributed by atoms with Crippen LogP contribution in [-0.2, 0) is 5.41 Å². The van der Waals surface area contributed by atoms with E-state index >= 15 is 0 Å². The van der Waals surface area contributed by atoms with Crippen molar-refractivity contribution in [3.8, 4) is 11.1 Å². The average Bonchev–Trinajstić information content (AvgIpc) is 3.69. The summed E-state index contributed by atoms with van der Waals surface area (Å²) >= 11 is 0. The number of benzene rings is 8. The summed E-state index contributed by atoms with van der Waals surface area (Å²) in [6.45, 7) is 0. The van der Waals surface area contributed by atoms with Gasteiger partial charge in [-0.25, -0.2) is 8.78 Å². The summed E-state index contributed by atoms with van der Waals surface area (Å²) in [5.74, 6) is -0.618. The first-order valence-corrected chi connectivity index (χ1v) is 17.1. The predicted octanol–water partition coefficient (Wildman–Crippen LogP) is 12.9. The van der Waals surface area contributed by atoms with Crippen LogP contribution in [0, 0.1) is 11.6 Å². The molecule has 0 fully saturated rings. The molecule has 8 aromatic carbocycles. The van der Waals surface area contributed by atoms with Gasteiger partial charge in [0.15, 0.2) is 0 Å². The van der Waals surface area contributed by atoms with E-state index in [2.05, 4.69) is 89.8 Å². The molecule has 0 atom stereocenters. The summed E-state index contributed by atoms with van der Waals surface area (Å²) in [7, 11) is 0. The summed E-state index contributed by atoms with van der Waals surface area (Å²) in [6.07, 6.45) is 0. The molecule has 0 saturated carbocycles. The zero-order valence-electron chi connectivity index (χ0n) is 27.4. The Balaban J connectivity index is 1.29. The molecule has 1 aliphatic carbocycles. The zero-order valence-corrected chi connectivity index (χ0v) is 27.4. The molecule has 2 nitrogen and oxygen atoms in total. The second kappa shape index (κ2) is 11.3. The molecule has 1 aliphatic rings. The lowest BCUT2D eigenvalue weighted by atomic mass is 9.67. The SMILES string of the molecule is Fc1ccc(C2(c3ccc(F)cc3)c3cc(N(c4ccccc4)c4ccc5oc6ccccc6c5c4)ccc3-c3c2ccc2ccccc32)cc1. The van der Waals surface area contributed by atoms with Crippen molar-refractivity contribution in [3.05, 3.63) is 210 Å². The minimum Gasteiger partial charge on any atom is -0.456 e. The largest absolute Gasteiger partial charge is 0.456 e. The van der Waals surface area contributed by atoms with Crippen LogP contribution in [-0.4, -0.2) is 0 Å². The van der Waals surface area contributed by atoms with Crippen LogP contribution in [0.4, 0.5) is 25.8 Å². The molecule has 4 heteroatoms. The van der Waals surface area contributed by atoms with E-state index in [0.29, 0.717) is 0 Å². The van der Waals surface area contributed by atoms with Gasteiger partial charge in [-0.1, -0.05) is 103 Å². The summed E-state index contributed by atoms with van der Waals surface area (Å²) in [5, 5.41) is 4.36. The third-order valence-electron chi connectivity index (χ3n) is 10.5. The number of para-hydroxylation sites is 2. The first-order chi connectivity index (χ1) is 25.1. The van der Waals surface area contributed by atoms with Gasteiger partial charge in [-0.3, -0.25) is 0 Å². The molecule has 0 bridgehead atoms. The predicted molar refractivity (Wildman–Crippen MR) is 203 cm³/mol. The standard InChI is InChI=1S/C47H29F2NO/c48-33-19-15-31(16-20-33)47(32-17-21-34(49)22-18-32)42-26-14-30-8-4-5-11-38(30)46(42)40-25-23-37(29-43(40)47)50(35-9-2-1-3-10-35)36-24-27-45-41(28-36)39-12-6-7-13-44(39)51-45/h1-29H. The lowest BCUT2D eigenvalue weighted by Gasteiger charge is -2.35. The minimum absolute atomic E-state index is 0.309. The molecule has 9 aromatic rings. The number of rotatable bonds is 5. The van der Waals surface area contributed by atoms with Gasteiger partial charge in [0.1, 0.15) is 22.8 Å². The van der Waals surface area contributed by atoms with Gasteiger partial charge >= 0.3 is 0 Å². The van der Waals surface area contributed by atoms with Crippen LogP contribution in [0.25, 0.3) is 43.8 Å². The van der Waals surface area contributed by atoms with Crippen molar-refractivity contribution in [1.82, 2.24) is 0 Å². The van der Waals surface area contributed by atoms with E-state index in [4.69, 9.17) is 4.42 Å². The summed E-state index contributed by atoms with van der Waals surface area (Å²) in [6, 6.07) is 57.7. The Bertz CT molecular complexity index is 2720. The molecule has 0 N–H and O–H groups in total. The summed E-state index contributed by atoms with van der Waals surface area (Å²) < 4.78 is 35.4. The maximum absolute atomic E-state index is 14.6. The van der Waals surface area contributed by atoms with E-state index < -0.39 is 5.41 Å². The normalized spacial score (nSPS) is 13.1. The smallest absolute Gasteiger partial charge is 0.135 e. The number of fused-ring (bicyclic) bond motifs is 8. The van der Waals surface area contributed by atoms with Gasteiger partial charge in [0.2, 0.25) is 0 Å². The van der Waals surface area contributed by atoms with Crippen LogP contribution in [0.1, 0.15) is 22.3 Å². The van der Waals surface area contributed by atoms with E-state index in [1.54, 1.807) is 0 Å². The number of furan rings is 1. The maximum atomic E-state index is 14.6. The second-order valence-electron chi connectivity index (χ2n) is 13.2. The van der Waals surface area contributed by atoms with Crippen LogP contribution in [0.2, 0.25) is 0 Å². The van der Waals surface area contributed by atoms with Crippen LogP contribution in [0.3, 0.4) is 0 Å². The van der Waals surface area contributed by atoms with Gasteiger partial charge in [0, 0.05) is 27.8 Å². The Morgan fingerprint density at radius 2 is 1.04 bits per heavy atom. The molecule has 0 spiro atoms. The van der Waals surface area contributed by atoms with Crippen LogP contribution >= 0.6 is 0 Å². The molecule has 51 heavy (non-hydrogen) atoms. The van der Waals surface area contributed by atoms with E-state index in [9.17, 15) is 8.78 Å². The van der Waals surface area contributed by atoms with Gasteiger partial charge in [0.25, 0.3) is 0 Å². The first-order valence-electron chi connectivity index (χ1n) is 17.1. The first kappa shape index (κ1) is 29.4. The third kappa shape index (κ3) is 4.39. The van der Waals surface area contributed by atoms with E-state index in [-0.39, 0.29) is 11.6 Å². The fourth-order valence-corrected chi connectivity index (χ4v) is 8.28. The molecule has 0 saturated heterocycles. The van der Waals surface area contributed by atoms with Crippen molar-refractivity contribution >= 4 is 49.8 Å². The molecule has 242 valence electrons. The average molecular weight is 662 g/mol. The number of anilines is 3. The van der Waals surface area contributed by atoms with Gasteiger partial charge in [-0.15, -0.1) is 0 Å². The highest BCUT2D eigenvalue weighted by atomic mass is 19.1. The Morgan fingerprint density at radius 1 is 0.431 bits per heavy atom. The molecular formula is C47H29F2NO. The molecule has 1 heterocycles. The van der Waals surface area contributed by atoms with E-state index in [1.165, 1.54) is 24.3 Å². The van der Waals surface area contributed by atoms with Crippen molar-refractivity contribution in [2.75, 3.05) is 4.90 Å². The lowest BCUT2D eigenvalue weighted by Crippen LogP contribution is -2.29. The number of nitrogens with zero attached hydrogens (tertiary/aromatic N) is 1. The van der Waals surface area contributed by atoms with Gasteiger partial charge in [0.05, 0.1) is 5.41 Å². The number of hydrogen-bond acceptors (Lipinski definition) is 2. The second-order valence-corrected chi connectivity index (χ2v) is 13.2. The molecular weight excluding hydrogens is 633 g/mol. The fraction of sp³-hybridized carbons (Fsp3) is 0.0213. The summed E-state index contributed by atoms with van der Waals surface area (Å²) in [4.78, 5) is 2.27. The van der Waals surface area contributed by atoms with Crippen LogP contribution < -0.4 is 4.90 Å². The Hall–Kier alpha value is -6.52. The van der Waals surface area contributed by atoms with E-state index in [0.717, 1.165) is 83.2 Å². The van der Waals surface area contributed by atoms with Gasteiger partial charge < -0.3 is 9.32 Å². The minimum atomic E-state index is -0.862. The van der Waals surface area contributed by atoms with Crippen molar-refractivity contribution in [1.29, 1.82) is 0 Å². The third-order valence-corrected chi connectivity index (χ3v) is 10.5. The van der Waals surface area contributed by atoms with Gasteiger partial charge in [-0.05, 0) is 117 Å². The highest BCUT2D eigenvalue weighted by Gasteiger charge is 2.47. The Morgan fingerprint density at radius 3 is 1.78 bits per heavy atom. The van der Waals surface area contributed by atoms with Crippen LogP contribution in [0.15, 0.2) is 180 Å². The molecule has 0 amide bonds. The number of hydrogen-bond donors (Lipinski definition) is 0. The quantitative estimate of drug-likeness (QED) is 0.183. The van der Waals surface area contributed by atoms with Crippen molar-refractivity contribution in [2.45, 2.75) is 5.41 Å². The van der Waals surface area contributed by atoms with Crippen molar-refractivity contribution in [3.63, 3.8) is 0 Å². The summed E-state index contributed by atoms with van der Waals surface area (Å²) in [5.41, 5.74) is 9.89. The monoisotopic (exact) mass is 661 g/mol. The lowest BCUT2D eigenvalue weighted by molar-refractivity contribution is 0.622. The Labute approximate surface area is 293 Å². The molecule has 10 rings (SSSR count). The zero-order chi connectivity index (χ0) is 34.1. The van der Waals surface area contributed by atoms with Crippen molar-refractivity contribution in [2.24, 2.45) is 0 Å². The van der Waals surface area contributed by atoms with Crippen molar-refractivity contribution < 1.29 is 13.2 Å². The maximum Gasteiger partial charge on any atom is 0.135 e. The molecule has 0 aliphatic heterocycles.